The molecule has 3 N–H and O–H groups in total. The summed E-state index contributed by atoms with van der Waals surface area (Å²) in [5.74, 6) is 0.230. The van der Waals surface area contributed by atoms with Gasteiger partial charge in [-0.15, -0.1) is 0 Å². The molecule has 0 saturated heterocycles. The predicted molar refractivity (Wildman–Crippen MR) is 205 cm³/mol. The van der Waals surface area contributed by atoms with Crippen LogP contribution in [0.4, 0.5) is 0 Å². The summed E-state index contributed by atoms with van der Waals surface area (Å²) in [5, 5.41) is 14.6. The number of carboxylic acid groups (broad SMARTS) is 1. The highest BCUT2D eigenvalue weighted by Crippen LogP contribution is 2.75. The molecule has 8 atom stereocenters. The molecule has 3 unspecified atom stereocenters. The number of ether oxygens (including phenoxy) is 1. The zero-order valence-corrected chi connectivity index (χ0v) is 34.0. The highest BCUT2D eigenvalue weighted by molar-refractivity contribution is 5.84. The monoisotopic (exact) mass is 725 g/mol. The Labute approximate surface area is 314 Å². The molecule has 5 aliphatic carbocycles. The van der Waals surface area contributed by atoms with E-state index in [2.05, 4.69) is 72.1 Å². The van der Waals surface area contributed by atoms with E-state index in [1.807, 2.05) is 0 Å². The van der Waals surface area contributed by atoms with E-state index in [4.69, 9.17) is 9.84 Å². The lowest BCUT2D eigenvalue weighted by Crippen LogP contribution is -2.65. The van der Waals surface area contributed by atoms with Gasteiger partial charge in [0.15, 0.2) is 0 Å². The molecule has 8 heteroatoms. The standard InChI is InChI=1S/C44H72N2O6/c1-9-10-12-16-37(50)52-34-20-21-41(6)32(40(34,4)5)19-22-43(8)33(41)18-17-30-31-28-39(2,3)23-25-44(31,26-24-42(30,43)7)38(51)45-27-14-11-13-15-35(47)46-29-36(48)49/h17,31-34H,9-16,18-29H2,1-8H3,(H,45,51)(H,46,47)(H,48,49)/t31?,32?,33?,34-,41-,42+,43+,44-/m0/s1. The molecular formula is C44H72N2O6. The first-order valence-corrected chi connectivity index (χ1v) is 21.0. The van der Waals surface area contributed by atoms with Crippen molar-refractivity contribution in [3.8, 4) is 0 Å². The molecule has 2 amide bonds. The van der Waals surface area contributed by atoms with Gasteiger partial charge < -0.3 is 20.5 Å². The Bertz CT molecular complexity index is 1390. The minimum atomic E-state index is -1.04. The summed E-state index contributed by atoms with van der Waals surface area (Å²) >= 11 is 0. The molecule has 0 aromatic carbocycles. The molecule has 4 fully saturated rings. The molecule has 8 nitrogen and oxygen atoms in total. The number of rotatable bonds is 14. The van der Waals surface area contributed by atoms with E-state index in [0.29, 0.717) is 37.6 Å². The second kappa shape index (κ2) is 15.4. The van der Waals surface area contributed by atoms with Gasteiger partial charge in [-0.1, -0.05) is 86.3 Å². The van der Waals surface area contributed by atoms with Crippen LogP contribution in [0.3, 0.4) is 0 Å². The third kappa shape index (κ3) is 7.48. The van der Waals surface area contributed by atoms with Crippen LogP contribution in [0.25, 0.3) is 0 Å². The third-order valence-corrected chi connectivity index (χ3v) is 16.1. The second-order valence-corrected chi connectivity index (χ2v) is 19.9. The summed E-state index contributed by atoms with van der Waals surface area (Å²) in [5.41, 5.74) is 1.67. The van der Waals surface area contributed by atoms with E-state index in [1.54, 1.807) is 5.57 Å². The maximum absolute atomic E-state index is 14.4. The Morgan fingerprint density at radius 3 is 2.23 bits per heavy atom. The Morgan fingerprint density at radius 2 is 1.52 bits per heavy atom. The Hall–Kier alpha value is -2.38. The number of hydrogen-bond donors (Lipinski definition) is 3. The average molecular weight is 725 g/mol. The smallest absolute Gasteiger partial charge is 0.322 e. The molecule has 0 aromatic rings. The van der Waals surface area contributed by atoms with Crippen molar-refractivity contribution >= 4 is 23.8 Å². The van der Waals surface area contributed by atoms with Crippen molar-refractivity contribution in [2.75, 3.05) is 13.1 Å². The number of allylic oxidation sites excluding steroid dienone is 2. The largest absolute Gasteiger partial charge is 0.480 e. The molecule has 0 spiro atoms. The normalized spacial score (nSPS) is 37.2. The highest BCUT2D eigenvalue weighted by atomic mass is 16.5. The van der Waals surface area contributed by atoms with E-state index >= 15 is 0 Å². The topological polar surface area (TPSA) is 122 Å². The second-order valence-electron chi connectivity index (χ2n) is 19.9. The van der Waals surface area contributed by atoms with Crippen LogP contribution in [0.1, 0.15) is 171 Å². The first kappa shape index (κ1) is 40.8. The molecule has 5 aliphatic rings. The van der Waals surface area contributed by atoms with Crippen molar-refractivity contribution in [3.05, 3.63) is 11.6 Å². The number of aliphatic carboxylic acids is 1. The van der Waals surface area contributed by atoms with Crippen molar-refractivity contribution < 1.29 is 29.0 Å². The van der Waals surface area contributed by atoms with Crippen molar-refractivity contribution in [2.24, 2.45) is 50.2 Å². The van der Waals surface area contributed by atoms with Crippen LogP contribution in [0.2, 0.25) is 0 Å². The summed E-state index contributed by atoms with van der Waals surface area (Å²) in [6.45, 7) is 19.7. The average Bonchev–Trinajstić information content (AvgIpc) is 3.06. The molecule has 52 heavy (non-hydrogen) atoms. The van der Waals surface area contributed by atoms with Gasteiger partial charge in [0, 0.05) is 24.8 Å². The number of fused-ring (bicyclic) bond motifs is 7. The number of carbonyl (C=O) groups excluding carboxylic acids is 3. The first-order chi connectivity index (χ1) is 24.4. The molecule has 0 aromatic heterocycles. The van der Waals surface area contributed by atoms with Gasteiger partial charge in [0.05, 0.1) is 5.41 Å². The van der Waals surface area contributed by atoms with Crippen LogP contribution >= 0.6 is 0 Å². The van der Waals surface area contributed by atoms with E-state index in [-0.39, 0.29) is 68.8 Å². The number of nitrogens with one attached hydrogen (secondary N) is 2. The molecule has 4 saturated carbocycles. The summed E-state index contributed by atoms with van der Waals surface area (Å²) in [6.07, 6.45) is 19.3. The maximum Gasteiger partial charge on any atom is 0.322 e. The minimum Gasteiger partial charge on any atom is -0.480 e. The predicted octanol–water partition coefficient (Wildman–Crippen LogP) is 9.16. The van der Waals surface area contributed by atoms with Gasteiger partial charge in [-0.2, -0.15) is 0 Å². The fraction of sp³-hybridized carbons (Fsp3) is 0.864. The van der Waals surface area contributed by atoms with Gasteiger partial charge in [0.2, 0.25) is 11.8 Å². The van der Waals surface area contributed by atoms with Crippen LogP contribution in [-0.4, -0.2) is 48.1 Å². The Morgan fingerprint density at radius 1 is 0.808 bits per heavy atom. The number of hydrogen-bond acceptors (Lipinski definition) is 5. The maximum atomic E-state index is 14.4. The van der Waals surface area contributed by atoms with Crippen LogP contribution in [-0.2, 0) is 23.9 Å². The van der Waals surface area contributed by atoms with Crippen LogP contribution in [0, 0.1) is 50.2 Å². The number of unbranched alkanes of at least 4 members (excludes halogenated alkanes) is 4. The van der Waals surface area contributed by atoms with Gasteiger partial charge in [0.1, 0.15) is 12.6 Å². The summed E-state index contributed by atoms with van der Waals surface area (Å²) < 4.78 is 6.28. The van der Waals surface area contributed by atoms with Crippen LogP contribution < -0.4 is 10.6 Å². The lowest BCUT2D eigenvalue weighted by molar-refractivity contribution is -0.213. The number of carbonyl (C=O) groups is 4. The fourth-order valence-corrected chi connectivity index (χ4v) is 12.8. The zero-order chi connectivity index (χ0) is 38.2. The van der Waals surface area contributed by atoms with Crippen molar-refractivity contribution in [1.82, 2.24) is 10.6 Å². The van der Waals surface area contributed by atoms with Gasteiger partial charge in [-0.25, -0.2) is 0 Å². The molecule has 0 heterocycles. The van der Waals surface area contributed by atoms with E-state index in [1.165, 1.54) is 6.42 Å². The summed E-state index contributed by atoms with van der Waals surface area (Å²) in [6, 6.07) is 0. The van der Waals surface area contributed by atoms with Gasteiger partial charge in [-0.3, -0.25) is 19.2 Å². The summed E-state index contributed by atoms with van der Waals surface area (Å²) in [7, 11) is 0. The van der Waals surface area contributed by atoms with Gasteiger partial charge in [-0.05, 0) is 123 Å². The number of amides is 2. The van der Waals surface area contributed by atoms with Crippen molar-refractivity contribution in [3.63, 3.8) is 0 Å². The molecule has 0 bridgehead atoms. The van der Waals surface area contributed by atoms with Gasteiger partial charge >= 0.3 is 11.9 Å². The first-order valence-electron chi connectivity index (χ1n) is 21.0. The van der Waals surface area contributed by atoms with E-state index in [9.17, 15) is 19.2 Å². The SMILES string of the molecule is CCCCCC(=O)O[C@H]1CC[C@@]2(C)C(CC[C@]3(C)C2CC=C2C4CC(C)(C)CC[C@]4(C(=O)NCCCCCC(=O)NCC(=O)O)CC[C@]23C)C1(C)C. The quantitative estimate of drug-likeness (QED) is 0.0934. The van der Waals surface area contributed by atoms with E-state index in [0.717, 1.165) is 89.9 Å². The number of carboxylic acids is 1. The van der Waals surface area contributed by atoms with Gasteiger partial charge in [0.25, 0.3) is 0 Å². The number of esters is 1. The Balaban J connectivity index is 1.30. The zero-order valence-electron chi connectivity index (χ0n) is 34.0. The Kier molecular flexibility index (Phi) is 12.1. The molecular weight excluding hydrogens is 652 g/mol. The minimum absolute atomic E-state index is 0.0161. The summed E-state index contributed by atoms with van der Waals surface area (Å²) in [4.78, 5) is 49.9. The van der Waals surface area contributed by atoms with Crippen LogP contribution in [0.15, 0.2) is 11.6 Å². The van der Waals surface area contributed by atoms with Crippen molar-refractivity contribution in [2.45, 2.75) is 177 Å². The lowest BCUT2D eigenvalue weighted by atomic mass is 9.33. The fourth-order valence-electron chi connectivity index (χ4n) is 12.8. The highest BCUT2D eigenvalue weighted by Gasteiger charge is 2.69. The molecule has 0 aliphatic heterocycles. The molecule has 0 radical (unpaired) electrons. The van der Waals surface area contributed by atoms with E-state index < -0.39 is 5.97 Å². The molecule has 294 valence electrons. The lowest BCUT2D eigenvalue weighted by Gasteiger charge is -2.71. The molecule has 5 rings (SSSR count). The van der Waals surface area contributed by atoms with Crippen molar-refractivity contribution in [1.29, 1.82) is 0 Å². The third-order valence-electron chi connectivity index (χ3n) is 16.1. The van der Waals surface area contributed by atoms with Crippen LogP contribution in [0.5, 0.6) is 0 Å².